The minimum absolute atomic E-state index is 0.0681. The van der Waals surface area contributed by atoms with E-state index in [0.29, 0.717) is 16.9 Å². The van der Waals surface area contributed by atoms with Gasteiger partial charge in [-0.2, -0.15) is 5.21 Å². The van der Waals surface area contributed by atoms with Crippen LogP contribution in [0.4, 0.5) is 0 Å². The van der Waals surface area contributed by atoms with Crippen molar-refractivity contribution in [2.45, 2.75) is 25.4 Å². The van der Waals surface area contributed by atoms with Gasteiger partial charge < -0.3 is 15.1 Å². The first-order valence-electron chi connectivity index (χ1n) is 11.8. The summed E-state index contributed by atoms with van der Waals surface area (Å²) in [7, 11) is 1.61. The Morgan fingerprint density at radius 3 is 2.76 bits per heavy atom. The molecule has 0 aliphatic heterocycles. The number of amides is 2. The molecule has 3 heterocycles. The zero-order valence-corrected chi connectivity index (χ0v) is 20.1. The lowest BCUT2D eigenvalue weighted by atomic mass is 10.0. The van der Waals surface area contributed by atoms with Crippen LogP contribution in [0.1, 0.15) is 50.1 Å². The molecule has 0 spiro atoms. The molecule has 13 heteroatoms. The number of H-pyrrole nitrogens is 1. The van der Waals surface area contributed by atoms with Gasteiger partial charge in [0.25, 0.3) is 11.8 Å². The number of benzene rings is 2. The first-order chi connectivity index (χ1) is 18.5. The van der Waals surface area contributed by atoms with Crippen LogP contribution in [0.3, 0.4) is 0 Å². The van der Waals surface area contributed by atoms with Gasteiger partial charge in [-0.25, -0.2) is 14.8 Å². The zero-order chi connectivity index (χ0) is 26.2. The summed E-state index contributed by atoms with van der Waals surface area (Å²) in [4.78, 5) is 45.5. The molecule has 0 bridgehead atoms. The Morgan fingerprint density at radius 2 is 1.95 bits per heavy atom. The third-order valence-electron chi connectivity index (χ3n) is 6.57. The lowest BCUT2D eigenvalue weighted by Gasteiger charge is -2.14. The SMILES string of the molecule is Cn1c(=O)oc2ccc(CNC(=O)c3cc(C(=O)N[C@H]4CCc5cc(-c6nn[nH]n6)ccc54)ncn3)cc21. The predicted molar refractivity (Wildman–Crippen MR) is 133 cm³/mol. The molecule has 13 nitrogen and oxygen atoms in total. The molecule has 0 radical (unpaired) electrons. The van der Waals surface area contributed by atoms with Crippen molar-refractivity contribution in [1.82, 2.24) is 45.8 Å². The molecule has 2 aromatic carbocycles. The fourth-order valence-corrected chi connectivity index (χ4v) is 4.58. The van der Waals surface area contributed by atoms with E-state index in [1.54, 1.807) is 25.2 Å². The number of hydrogen-bond donors (Lipinski definition) is 3. The van der Waals surface area contributed by atoms with Gasteiger partial charge in [-0.1, -0.05) is 18.2 Å². The van der Waals surface area contributed by atoms with Crippen LogP contribution in [0.5, 0.6) is 0 Å². The molecule has 3 N–H and O–H groups in total. The number of carbonyl (C=O) groups excluding carboxylic acids is 2. The summed E-state index contributed by atoms with van der Waals surface area (Å²) in [6.45, 7) is 0.199. The van der Waals surface area contributed by atoms with Gasteiger partial charge in [0.1, 0.15) is 17.7 Å². The third-order valence-corrected chi connectivity index (χ3v) is 6.57. The van der Waals surface area contributed by atoms with Gasteiger partial charge in [-0.3, -0.25) is 14.2 Å². The number of hydrogen-bond acceptors (Lipinski definition) is 9. The molecular formula is C25H21N9O4. The zero-order valence-electron chi connectivity index (χ0n) is 20.1. The lowest BCUT2D eigenvalue weighted by molar-refractivity contribution is 0.0931. The number of aromatic amines is 1. The summed E-state index contributed by atoms with van der Waals surface area (Å²) >= 11 is 0. The summed E-state index contributed by atoms with van der Waals surface area (Å²) in [5.74, 6) is -0.793. The summed E-state index contributed by atoms with van der Waals surface area (Å²) in [6.07, 6.45) is 2.72. The van der Waals surface area contributed by atoms with Crippen LogP contribution in [0.2, 0.25) is 0 Å². The van der Waals surface area contributed by atoms with Crippen LogP contribution < -0.4 is 16.4 Å². The molecule has 1 aliphatic rings. The minimum Gasteiger partial charge on any atom is -0.408 e. The molecule has 1 aliphatic carbocycles. The van der Waals surface area contributed by atoms with E-state index in [0.717, 1.165) is 35.1 Å². The van der Waals surface area contributed by atoms with Crippen molar-refractivity contribution in [3.63, 3.8) is 0 Å². The second kappa shape index (κ2) is 9.35. The molecule has 2 amide bonds. The van der Waals surface area contributed by atoms with Gasteiger partial charge in [-0.05, 0) is 52.9 Å². The van der Waals surface area contributed by atoms with Gasteiger partial charge in [0.05, 0.1) is 11.6 Å². The average Bonchev–Trinajstić information content (AvgIpc) is 3.68. The highest BCUT2D eigenvalue weighted by Gasteiger charge is 2.26. The van der Waals surface area contributed by atoms with Crippen LogP contribution in [-0.4, -0.2) is 47.0 Å². The van der Waals surface area contributed by atoms with E-state index >= 15 is 0 Å². The Bertz CT molecular complexity index is 1740. The molecule has 190 valence electrons. The van der Waals surface area contributed by atoms with Crippen LogP contribution in [0.15, 0.2) is 58.0 Å². The quantitative estimate of drug-likeness (QED) is 0.305. The Morgan fingerprint density at radius 1 is 1.11 bits per heavy atom. The predicted octanol–water partition coefficient (Wildman–Crippen LogP) is 1.45. The van der Waals surface area contributed by atoms with Crippen molar-refractivity contribution in [2.75, 3.05) is 0 Å². The number of fused-ring (bicyclic) bond motifs is 2. The second-order valence-electron chi connectivity index (χ2n) is 8.91. The van der Waals surface area contributed by atoms with Gasteiger partial charge in [0.15, 0.2) is 5.58 Å². The second-order valence-corrected chi connectivity index (χ2v) is 8.91. The highest BCUT2D eigenvalue weighted by Crippen LogP contribution is 2.33. The molecule has 6 rings (SSSR count). The Hall–Kier alpha value is -5.20. The normalized spacial score (nSPS) is 14.4. The largest absolute Gasteiger partial charge is 0.419 e. The van der Waals surface area contributed by atoms with E-state index in [2.05, 4.69) is 41.2 Å². The summed E-state index contributed by atoms with van der Waals surface area (Å²) in [5, 5.41) is 19.8. The van der Waals surface area contributed by atoms with Crippen molar-refractivity contribution in [3.8, 4) is 11.4 Å². The number of nitrogens with one attached hydrogen (secondary N) is 3. The fourth-order valence-electron chi connectivity index (χ4n) is 4.58. The molecule has 3 aromatic heterocycles. The Labute approximate surface area is 214 Å². The monoisotopic (exact) mass is 511 g/mol. The number of rotatable bonds is 6. The summed E-state index contributed by atoms with van der Waals surface area (Å²) in [6, 6.07) is 12.2. The van der Waals surface area contributed by atoms with Crippen molar-refractivity contribution >= 4 is 22.9 Å². The maximum absolute atomic E-state index is 13.0. The van der Waals surface area contributed by atoms with Gasteiger partial charge >= 0.3 is 5.76 Å². The number of tetrazole rings is 1. The van der Waals surface area contributed by atoms with E-state index in [1.807, 2.05) is 18.2 Å². The van der Waals surface area contributed by atoms with Crippen molar-refractivity contribution < 1.29 is 14.0 Å². The standard InChI is InChI=1S/C25H21N9O4/c1-34-20-8-13(2-7-21(20)38-25(34)37)11-26-23(35)18-10-19(28-12-27-18)24(36)29-17-6-4-14-9-15(3-5-16(14)17)22-30-32-33-31-22/h2-3,5,7-10,12,17H,4,6,11H2,1H3,(H,26,35)(H,29,36)(H,30,31,32,33)/t17-/m0/s1. The number of oxazole rings is 1. The van der Waals surface area contributed by atoms with Crippen LogP contribution in [-0.2, 0) is 20.0 Å². The molecule has 0 saturated carbocycles. The Kier molecular flexibility index (Phi) is 5.71. The van der Waals surface area contributed by atoms with Crippen LogP contribution in [0.25, 0.3) is 22.5 Å². The van der Waals surface area contributed by atoms with Gasteiger partial charge in [0.2, 0.25) is 5.82 Å². The van der Waals surface area contributed by atoms with Crippen molar-refractivity contribution in [3.05, 3.63) is 87.4 Å². The van der Waals surface area contributed by atoms with Crippen LogP contribution in [0, 0.1) is 0 Å². The smallest absolute Gasteiger partial charge is 0.408 e. The minimum atomic E-state index is -0.456. The highest BCUT2D eigenvalue weighted by atomic mass is 16.4. The first-order valence-corrected chi connectivity index (χ1v) is 11.8. The number of aryl methyl sites for hydroxylation is 2. The van der Waals surface area contributed by atoms with Crippen molar-refractivity contribution in [1.29, 1.82) is 0 Å². The molecule has 0 unspecified atom stereocenters. The topological polar surface area (TPSA) is 174 Å². The molecule has 0 fully saturated rings. The van der Waals surface area contributed by atoms with E-state index in [9.17, 15) is 14.4 Å². The third kappa shape index (κ3) is 4.30. The summed E-state index contributed by atoms with van der Waals surface area (Å²) in [5.41, 5.74) is 5.01. The van der Waals surface area contributed by atoms with E-state index in [4.69, 9.17) is 4.42 Å². The van der Waals surface area contributed by atoms with Crippen molar-refractivity contribution in [2.24, 2.45) is 7.05 Å². The molecule has 1 atom stereocenters. The average molecular weight is 512 g/mol. The number of carbonyl (C=O) groups is 2. The molecule has 38 heavy (non-hydrogen) atoms. The van der Waals surface area contributed by atoms with E-state index in [1.165, 1.54) is 17.0 Å². The van der Waals surface area contributed by atoms with E-state index in [-0.39, 0.29) is 24.0 Å². The highest BCUT2D eigenvalue weighted by molar-refractivity contribution is 5.97. The first kappa shape index (κ1) is 23.2. The maximum atomic E-state index is 13.0. The molecule has 5 aromatic rings. The van der Waals surface area contributed by atoms with Crippen LogP contribution >= 0.6 is 0 Å². The van der Waals surface area contributed by atoms with Gasteiger partial charge in [0, 0.05) is 25.2 Å². The maximum Gasteiger partial charge on any atom is 0.419 e. The lowest BCUT2D eigenvalue weighted by Crippen LogP contribution is -2.29. The Balaban J connectivity index is 1.12. The molecular weight excluding hydrogens is 490 g/mol. The van der Waals surface area contributed by atoms with Gasteiger partial charge in [-0.15, -0.1) is 10.2 Å². The number of aromatic nitrogens is 7. The fraction of sp³-hybridized carbons (Fsp3) is 0.200. The molecule has 0 saturated heterocycles. The summed E-state index contributed by atoms with van der Waals surface area (Å²) < 4.78 is 6.52. The van der Waals surface area contributed by atoms with E-state index < -0.39 is 17.6 Å². The number of nitrogens with zero attached hydrogens (tertiary/aromatic N) is 6.